The van der Waals surface area contributed by atoms with E-state index in [1.807, 2.05) is 20.2 Å². The van der Waals surface area contributed by atoms with Crippen molar-refractivity contribution >= 4 is 21.8 Å². The van der Waals surface area contributed by atoms with Gasteiger partial charge >= 0.3 is 0 Å². The van der Waals surface area contributed by atoms with E-state index in [-0.39, 0.29) is 24.3 Å². The zero-order chi connectivity index (χ0) is 18.0. The second-order valence-electron chi connectivity index (χ2n) is 6.36. The zero-order valence-corrected chi connectivity index (χ0v) is 14.5. The van der Waals surface area contributed by atoms with Gasteiger partial charge in [-0.25, -0.2) is 4.98 Å². The molecule has 0 saturated heterocycles. The molecule has 25 heavy (non-hydrogen) atoms. The largest absolute Gasteiger partial charge is 0.395 e. The normalized spacial score (nSPS) is 11.7. The van der Waals surface area contributed by atoms with E-state index in [2.05, 4.69) is 9.88 Å². The van der Waals surface area contributed by atoms with Gasteiger partial charge in [-0.3, -0.25) is 9.59 Å². The first-order valence-corrected chi connectivity index (χ1v) is 8.30. The van der Waals surface area contributed by atoms with Crippen molar-refractivity contribution in [3.63, 3.8) is 0 Å². The molecular weight excluding hydrogens is 320 g/mol. The lowest BCUT2D eigenvalue weighted by atomic mass is 10.2. The maximum atomic E-state index is 12.7. The first kappa shape index (κ1) is 17.3. The minimum atomic E-state index is -0.247. The van der Waals surface area contributed by atoms with Crippen LogP contribution in [0.5, 0.6) is 0 Å². The van der Waals surface area contributed by atoms with Gasteiger partial charge in [-0.2, -0.15) is 0 Å². The average Bonchev–Trinajstić information content (AvgIpc) is 2.58. The van der Waals surface area contributed by atoms with E-state index < -0.39 is 0 Å². The van der Waals surface area contributed by atoms with Gasteiger partial charge in [-0.05, 0) is 45.3 Å². The molecule has 0 fully saturated rings. The molecule has 3 heterocycles. The van der Waals surface area contributed by atoms with Gasteiger partial charge in [0.15, 0.2) is 0 Å². The van der Waals surface area contributed by atoms with Crippen molar-refractivity contribution in [3.8, 4) is 0 Å². The van der Waals surface area contributed by atoms with E-state index in [0.717, 1.165) is 13.0 Å². The van der Waals surface area contributed by atoms with Gasteiger partial charge in [0.25, 0.3) is 11.1 Å². The van der Waals surface area contributed by atoms with Crippen LogP contribution in [-0.4, -0.2) is 51.4 Å². The Kier molecular flexibility index (Phi) is 4.96. The molecule has 132 valence electrons. The molecule has 0 radical (unpaired) electrons. The highest BCUT2D eigenvalue weighted by atomic mass is 16.3. The van der Waals surface area contributed by atoms with Crippen LogP contribution in [0.15, 0.2) is 40.2 Å². The Morgan fingerprint density at radius 1 is 1.00 bits per heavy atom. The molecule has 0 bridgehead atoms. The van der Waals surface area contributed by atoms with Crippen molar-refractivity contribution in [1.82, 2.24) is 19.0 Å². The quantitative estimate of drug-likeness (QED) is 0.666. The Morgan fingerprint density at radius 2 is 1.56 bits per heavy atom. The molecule has 0 spiro atoms. The van der Waals surface area contributed by atoms with E-state index in [1.165, 1.54) is 4.57 Å². The SMILES string of the molecule is CN(C)CCCn1ccc2nc3ccn(CCO)c(=O)c3cc2c1=O. The van der Waals surface area contributed by atoms with Gasteiger partial charge < -0.3 is 19.1 Å². The van der Waals surface area contributed by atoms with Gasteiger partial charge in [0.2, 0.25) is 0 Å². The van der Waals surface area contributed by atoms with Crippen LogP contribution in [0.2, 0.25) is 0 Å². The number of rotatable bonds is 6. The van der Waals surface area contributed by atoms with E-state index in [1.54, 1.807) is 29.1 Å². The Balaban J connectivity index is 2.10. The Morgan fingerprint density at radius 3 is 2.08 bits per heavy atom. The minimum Gasteiger partial charge on any atom is -0.395 e. The highest BCUT2D eigenvalue weighted by Gasteiger charge is 2.09. The number of nitrogens with zero attached hydrogens (tertiary/aromatic N) is 4. The third kappa shape index (κ3) is 3.47. The van der Waals surface area contributed by atoms with Crippen molar-refractivity contribution in [3.05, 3.63) is 51.3 Å². The minimum absolute atomic E-state index is 0.120. The molecule has 0 aliphatic heterocycles. The van der Waals surface area contributed by atoms with E-state index in [0.29, 0.717) is 28.4 Å². The molecule has 7 nitrogen and oxygen atoms in total. The van der Waals surface area contributed by atoms with E-state index >= 15 is 0 Å². The summed E-state index contributed by atoms with van der Waals surface area (Å²) < 4.78 is 3.09. The van der Waals surface area contributed by atoms with Crippen molar-refractivity contribution in [2.45, 2.75) is 19.5 Å². The van der Waals surface area contributed by atoms with Gasteiger partial charge in [0.1, 0.15) is 0 Å². The van der Waals surface area contributed by atoms with Crippen LogP contribution >= 0.6 is 0 Å². The predicted molar refractivity (Wildman–Crippen MR) is 98.0 cm³/mol. The number of hydrogen-bond acceptors (Lipinski definition) is 5. The summed E-state index contributed by atoms with van der Waals surface area (Å²) in [5.74, 6) is 0. The fourth-order valence-corrected chi connectivity index (χ4v) is 2.92. The first-order chi connectivity index (χ1) is 12.0. The zero-order valence-electron chi connectivity index (χ0n) is 14.5. The van der Waals surface area contributed by atoms with Gasteiger partial charge in [-0.15, -0.1) is 0 Å². The third-order valence-corrected chi connectivity index (χ3v) is 4.23. The molecule has 0 unspecified atom stereocenters. The molecular formula is C18H22N4O3. The second-order valence-corrected chi connectivity index (χ2v) is 6.36. The summed E-state index contributed by atoms with van der Waals surface area (Å²) in [4.78, 5) is 31.8. The molecule has 0 aliphatic carbocycles. The van der Waals surface area contributed by atoms with E-state index in [9.17, 15) is 9.59 Å². The standard InChI is InChI=1S/C18H22N4O3/c1-20(2)6-3-7-21-8-4-15-13(17(21)24)12-14-16(19-15)5-9-22(10-11-23)18(14)25/h4-5,8-9,12,23H,3,6-7,10-11H2,1-2H3. The van der Waals surface area contributed by atoms with Crippen LogP contribution in [-0.2, 0) is 13.1 Å². The Bertz CT molecular complexity index is 1020. The third-order valence-electron chi connectivity index (χ3n) is 4.23. The number of fused-ring (bicyclic) bond motifs is 2. The summed E-state index contributed by atoms with van der Waals surface area (Å²) in [6.07, 6.45) is 4.23. The lowest BCUT2D eigenvalue weighted by molar-refractivity contribution is 0.274. The van der Waals surface area contributed by atoms with Crippen LogP contribution in [0.25, 0.3) is 21.8 Å². The molecule has 0 atom stereocenters. The topological polar surface area (TPSA) is 80.4 Å². The van der Waals surface area contributed by atoms with Crippen LogP contribution in [0.1, 0.15) is 6.42 Å². The van der Waals surface area contributed by atoms with Crippen LogP contribution in [0.3, 0.4) is 0 Å². The first-order valence-electron chi connectivity index (χ1n) is 8.30. The predicted octanol–water partition coefficient (Wildman–Crippen LogP) is 0.655. The molecule has 7 heteroatoms. The fourth-order valence-electron chi connectivity index (χ4n) is 2.92. The average molecular weight is 342 g/mol. The highest BCUT2D eigenvalue weighted by Crippen LogP contribution is 2.14. The highest BCUT2D eigenvalue weighted by molar-refractivity contribution is 5.91. The van der Waals surface area contributed by atoms with Gasteiger partial charge in [0.05, 0.1) is 28.4 Å². The van der Waals surface area contributed by atoms with Crippen molar-refractivity contribution < 1.29 is 5.11 Å². The monoisotopic (exact) mass is 342 g/mol. The summed E-state index contributed by atoms with van der Waals surface area (Å²) >= 11 is 0. The van der Waals surface area contributed by atoms with Crippen molar-refractivity contribution in [1.29, 1.82) is 0 Å². The molecule has 3 aromatic rings. The summed E-state index contributed by atoms with van der Waals surface area (Å²) in [5.41, 5.74) is 0.753. The molecule has 0 saturated carbocycles. The fraction of sp³-hybridized carbons (Fsp3) is 0.389. The number of aryl methyl sites for hydroxylation is 1. The molecule has 0 aliphatic rings. The summed E-state index contributed by atoms with van der Waals surface area (Å²) in [6.45, 7) is 1.61. The number of aliphatic hydroxyl groups excluding tert-OH is 1. The summed E-state index contributed by atoms with van der Waals surface area (Å²) in [5, 5.41) is 9.90. The van der Waals surface area contributed by atoms with Crippen LogP contribution in [0.4, 0.5) is 0 Å². The number of pyridine rings is 3. The van der Waals surface area contributed by atoms with Crippen LogP contribution < -0.4 is 11.1 Å². The molecule has 0 amide bonds. The van der Waals surface area contributed by atoms with E-state index in [4.69, 9.17) is 5.11 Å². The molecule has 3 rings (SSSR count). The van der Waals surface area contributed by atoms with Crippen molar-refractivity contribution in [2.75, 3.05) is 27.2 Å². The lowest BCUT2D eigenvalue weighted by Gasteiger charge is -2.11. The van der Waals surface area contributed by atoms with Gasteiger partial charge in [-0.1, -0.05) is 0 Å². The molecule has 1 N–H and O–H groups in total. The van der Waals surface area contributed by atoms with Crippen molar-refractivity contribution in [2.24, 2.45) is 0 Å². The maximum Gasteiger partial charge on any atom is 0.260 e. The second kappa shape index (κ2) is 7.16. The number of hydrogen-bond donors (Lipinski definition) is 1. The van der Waals surface area contributed by atoms with Crippen LogP contribution in [0, 0.1) is 0 Å². The lowest BCUT2D eigenvalue weighted by Crippen LogP contribution is -2.24. The Hall–Kier alpha value is -2.51. The maximum absolute atomic E-state index is 12.7. The Labute approximate surface area is 144 Å². The smallest absolute Gasteiger partial charge is 0.260 e. The molecule has 3 aromatic heterocycles. The number of aliphatic hydroxyl groups is 1. The summed E-state index contributed by atoms with van der Waals surface area (Å²) in [7, 11) is 3.99. The number of aromatic nitrogens is 3. The van der Waals surface area contributed by atoms with Gasteiger partial charge in [0, 0.05) is 25.5 Å². The summed E-state index contributed by atoms with van der Waals surface area (Å²) in [6, 6.07) is 5.16. The molecule has 0 aromatic carbocycles.